The number of aliphatic hydroxyl groups is 1. The minimum Gasteiger partial charge on any atom is -0.395 e. The summed E-state index contributed by atoms with van der Waals surface area (Å²) in [7, 11) is 0. The molecule has 0 amide bonds. The molecule has 0 aromatic rings. The molecule has 2 aliphatic heterocycles. The van der Waals surface area contributed by atoms with Crippen molar-refractivity contribution in [1.82, 2.24) is 0 Å². The predicted octanol–water partition coefficient (Wildman–Crippen LogP) is 0.538. The van der Waals surface area contributed by atoms with Gasteiger partial charge in [-0.15, -0.1) is 0 Å². The van der Waals surface area contributed by atoms with Crippen LogP contribution in [0.25, 0.3) is 0 Å². The molecule has 0 fully saturated rings. The van der Waals surface area contributed by atoms with Crippen LogP contribution < -0.4 is 0 Å². The number of nitrogens with zero attached hydrogens (tertiary/aromatic N) is 2. The van der Waals surface area contributed by atoms with Gasteiger partial charge in [-0.1, -0.05) is 10.3 Å². The molecule has 0 spiro atoms. The van der Waals surface area contributed by atoms with E-state index in [-0.39, 0.29) is 5.71 Å². The van der Waals surface area contributed by atoms with Crippen molar-refractivity contribution in [1.29, 1.82) is 0 Å². The van der Waals surface area contributed by atoms with Crippen LogP contribution in [0.5, 0.6) is 0 Å². The largest absolute Gasteiger partial charge is 0.395 e. The van der Waals surface area contributed by atoms with E-state index in [1.54, 1.807) is 0 Å². The van der Waals surface area contributed by atoms with Gasteiger partial charge in [0.25, 0.3) is 0 Å². The molecule has 0 aromatic heterocycles. The first-order valence-corrected chi connectivity index (χ1v) is 4.07. The Hall–Kier alpha value is -1.10. The molecule has 0 radical (unpaired) electrons. The first-order chi connectivity index (χ1) is 7.00. The van der Waals surface area contributed by atoms with Crippen LogP contribution in [-0.4, -0.2) is 36.3 Å². The van der Waals surface area contributed by atoms with Gasteiger partial charge in [-0.2, -0.15) is 0 Å². The molecule has 74 valence electrons. The Morgan fingerprint density at radius 3 is 2.31 bits per heavy atom. The molecule has 0 aliphatic carbocycles. The second-order valence-electron chi connectivity index (χ2n) is 2.64. The summed E-state index contributed by atoms with van der Waals surface area (Å²) in [6, 6.07) is 0. The van der Waals surface area contributed by atoms with E-state index < -0.39 is 6.56 Å². The Labute approximate surface area is 79.8 Å². The predicted molar refractivity (Wildman–Crippen MR) is 48.8 cm³/mol. The summed E-state index contributed by atoms with van der Waals surface area (Å²) in [6.45, 7) is 0.824. The summed E-state index contributed by atoms with van der Waals surface area (Å²) in [4.78, 5) is 9.12. The molecular weight excluding hydrogens is 172 g/mol. The highest BCUT2D eigenvalue weighted by Crippen LogP contribution is 1.97. The fourth-order valence-corrected chi connectivity index (χ4v) is 0.783. The number of oxime groups is 2. The minimum atomic E-state index is -2.30. The Balaban J connectivity index is 0.000000162. The minimum absolute atomic E-state index is 0.0718. The molecule has 0 aromatic carbocycles. The Bertz CT molecular complexity index is 274. The SMILES string of the molecule is CC1=NOCC1.[2H]C([2H])(O)C1=NOCC1. The van der Waals surface area contributed by atoms with Crippen LogP contribution in [0, 0.1) is 0 Å². The average Bonchev–Trinajstić information content (AvgIpc) is 2.73. The molecule has 0 saturated carbocycles. The van der Waals surface area contributed by atoms with Gasteiger partial charge in [0.15, 0.2) is 0 Å². The van der Waals surface area contributed by atoms with Crippen molar-refractivity contribution in [3.63, 3.8) is 0 Å². The number of hydrogen-bond donors (Lipinski definition) is 1. The van der Waals surface area contributed by atoms with E-state index >= 15 is 0 Å². The van der Waals surface area contributed by atoms with Crippen molar-refractivity contribution >= 4 is 11.4 Å². The molecule has 1 N–H and O–H groups in total. The van der Waals surface area contributed by atoms with Gasteiger partial charge < -0.3 is 14.8 Å². The van der Waals surface area contributed by atoms with E-state index in [0.29, 0.717) is 13.0 Å². The van der Waals surface area contributed by atoms with E-state index in [0.717, 1.165) is 18.7 Å². The van der Waals surface area contributed by atoms with Crippen molar-refractivity contribution in [2.45, 2.75) is 19.8 Å². The zero-order valence-corrected chi connectivity index (χ0v) is 7.49. The van der Waals surface area contributed by atoms with Crippen molar-refractivity contribution < 1.29 is 17.5 Å². The van der Waals surface area contributed by atoms with Crippen molar-refractivity contribution in [2.75, 3.05) is 19.8 Å². The summed E-state index contributed by atoms with van der Waals surface area (Å²) in [5, 5.41) is 15.6. The second kappa shape index (κ2) is 5.53. The molecule has 0 bridgehead atoms. The van der Waals surface area contributed by atoms with E-state index in [1.807, 2.05) is 6.92 Å². The molecule has 0 unspecified atom stereocenters. The first-order valence-electron chi connectivity index (χ1n) is 5.07. The van der Waals surface area contributed by atoms with Crippen LogP contribution in [0.1, 0.15) is 22.5 Å². The molecule has 0 atom stereocenters. The molecule has 13 heavy (non-hydrogen) atoms. The lowest BCUT2D eigenvalue weighted by atomic mass is 10.3. The normalized spacial score (nSPS) is 22.6. The maximum absolute atomic E-state index is 8.64. The Morgan fingerprint density at radius 2 is 2.08 bits per heavy atom. The van der Waals surface area contributed by atoms with Gasteiger partial charge in [-0.25, -0.2) is 0 Å². The van der Waals surface area contributed by atoms with E-state index in [1.165, 1.54) is 0 Å². The lowest BCUT2D eigenvalue weighted by Gasteiger charge is -1.81. The van der Waals surface area contributed by atoms with Crippen LogP contribution >= 0.6 is 0 Å². The maximum atomic E-state index is 8.64. The fraction of sp³-hybridized carbons (Fsp3) is 0.750. The highest BCUT2D eigenvalue weighted by molar-refractivity contribution is 5.85. The third-order valence-electron chi connectivity index (χ3n) is 1.51. The van der Waals surface area contributed by atoms with Gasteiger partial charge >= 0.3 is 0 Å². The zero-order chi connectivity index (χ0) is 11.3. The Kier molecular flexibility index (Phi) is 3.11. The molecular formula is C8H14N2O3. The second-order valence-corrected chi connectivity index (χ2v) is 2.64. The summed E-state index contributed by atoms with van der Waals surface area (Å²) in [5.74, 6) is 0. The van der Waals surface area contributed by atoms with Crippen LogP contribution in [0.3, 0.4) is 0 Å². The molecule has 2 rings (SSSR count). The molecule has 2 aliphatic rings. The van der Waals surface area contributed by atoms with Crippen LogP contribution in [0.15, 0.2) is 10.3 Å². The van der Waals surface area contributed by atoms with Crippen LogP contribution in [0.4, 0.5) is 0 Å². The first kappa shape index (κ1) is 7.32. The van der Waals surface area contributed by atoms with Gasteiger partial charge in [0, 0.05) is 12.8 Å². The standard InChI is InChI=1S/C4H7NO2.C4H7NO/c6-3-4-1-2-7-5-4;1-4-2-3-6-5-4/h6H,1-3H2;2-3H2,1H3/i3D2;. The summed E-state index contributed by atoms with van der Waals surface area (Å²) < 4.78 is 13.5. The van der Waals surface area contributed by atoms with Gasteiger partial charge in [0.2, 0.25) is 0 Å². The van der Waals surface area contributed by atoms with Crippen molar-refractivity contribution in [3.8, 4) is 0 Å². The topological polar surface area (TPSA) is 63.4 Å². The number of hydrogen-bond acceptors (Lipinski definition) is 5. The van der Waals surface area contributed by atoms with Gasteiger partial charge in [0.05, 0.1) is 20.7 Å². The smallest absolute Gasteiger partial charge is 0.122 e. The highest BCUT2D eigenvalue weighted by atomic mass is 16.6. The summed E-state index contributed by atoms with van der Waals surface area (Å²) in [6.07, 6.45) is 1.39. The Morgan fingerprint density at radius 1 is 1.38 bits per heavy atom. The lowest BCUT2D eigenvalue weighted by molar-refractivity contribution is 0.173. The monoisotopic (exact) mass is 188 g/mol. The molecule has 0 saturated heterocycles. The molecule has 2 heterocycles. The van der Waals surface area contributed by atoms with Crippen LogP contribution in [0.2, 0.25) is 0 Å². The third kappa shape index (κ3) is 3.89. The molecule has 5 nitrogen and oxygen atoms in total. The average molecular weight is 188 g/mol. The van der Waals surface area contributed by atoms with Gasteiger partial charge in [-0.05, 0) is 6.92 Å². The highest BCUT2D eigenvalue weighted by Gasteiger charge is 2.03. The summed E-state index contributed by atoms with van der Waals surface area (Å²) in [5.41, 5.74) is 1.18. The zero-order valence-electron chi connectivity index (χ0n) is 9.49. The van der Waals surface area contributed by atoms with E-state index in [9.17, 15) is 0 Å². The van der Waals surface area contributed by atoms with Gasteiger partial charge in [0.1, 0.15) is 13.2 Å². The lowest BCUT2D eigenvalue weighted by Crippen LogP contribution is -1.98. The number of rotatable bonds is 1. The molecule has 5 heteroatoms. The van der Waals surface area contributed by atoms with Crippen molar-refractivity contribution in [2.24, 2.45) is 10.3 Å². The third-order valence-corrected chi connectivity index (χ3v) is 1.51. The quantitative estimate of drug-likeness (QED) is 0.653. The fourth-order valence-electron chi connectivity index (χ4n) is 0.783. The van der Waals surface area contributed by atoms with E-state index in [2.05, 4.69) is 20.0 Å². The van der Waals surface area contributed by atoms with Crippen molar-refractivity contribution in [3.05, 3.63) is 0 Å². The maximum Gasteiger partial charge on any atom is 0.122 e. The summed E-state index contributed by atoms with van der Waals surface area (Å²) >= 11 is 0. The van der Waals surface area contributed by atoms with E-state index in [4.69, 9.17) is 7.85 Å². The van der Waals surface area contributed by atoms with Gasteiger partial charge in [-0.3, -0.25) is 0 Å². The van der Waals surface area contributed by atoms with Crippen LogP contribution in [-0.2, 0) is 9.68 Å².